The minimum absolute atomic E-state index is 0.0221. The highest BCUT2D eigenvalue weighted by atomic mass is 16.5. The Morgan fingerprint density at radius 2 is 1.85 bits per heavy atom. The second-order valence-electron chi connectivity index (χ2n) is 6.53. The number of nitrogens with zero attached hydrogens (tertiary/aromatic N) is 3. The van der Waals surface area contributed by atoms with Crippen LogP contribution in [-0.4, -0.2) is 55.6 Å². The maximum Gasteiger partial charge on any atom is 0.262 e. The number of aryl methyl sites for hydroxylation is 1. The van der Waals surface area contributed by atoms with E-state index in [-0.39, 0.29) is 12.5 Å². The first-order chi connectivity index (χ1) is 12.6. The predicted molar refractivity (Wildman–Crippen MR) is 104 cm³/mol. The third-order valence-corrected chi connectivity index (χ3v) is 4.56. The van der Waals surface area contributed by atoms with Crippen molar-refractivity contribution in [2.45, 2.75) is 13.3 Å². The monoisotopic (exact) mass is 354 g/mol. The molecule has 1 amide bonds. The fraction of sp³-hybridized carbons (Fsp3) is 0.400. The van der Waals surface area contributed by atoms with Crippen molar-refractivity contribution in [3.05, 3.63) is 48.2 Å². The number of ether oxygens (including phenoxy) is 1. The lowest BCUT2D eigenvalue weighted by atomic mass is 10.2. The van der Waals surface area contributed by atoms with E-state index in [4.69, 9.17) is 4.74 Å². The summed E-state index contributed by atoms with van der Waals surface area (Å²) in [6.45, 7) is 6.10. The van der Waals surface area contributed by atoms with Gasteiger partial charge in [-0.2, -0.15) is 0 Å². The van der Waals surface area contributed by atoms with E-state index in [1.165, 1.54) is 5.56 Å². The molecule has 26 heavy (non-hydrogen) atoms. The van der Waals surface area contributed by atoms with Crippen molar-refractivity contribution in [1.29, 1.82) is 0 Å². The predicted octanol–water partition coefficient (Wildman–Crippen LogP) is 2.41. The molecule has 0 spiro atoms. The Kier molecular flexibility index (Phi) is 6.07. The summed E-state index contributed by atoms with van der Waals surface area (Å²) in [5, 5.41) is 2.82. The molecule has 2 aromatic rings. The van der Waals surface area contributed by atoms with Crippen LogP contribution in [0.1, 0.15) is 12.5 Å². The highest BCUT2D eigenvalue weighted by Crippen LogP contribution is 2.16. The molecule has 6 heteroatoms. The average molecular weight is 354 g/mol. The first-order valence-corrected chi connectivity index (χ1v) is 9.05. The van der Waals surface area contributed by atoms with Crippen LogP contribution in [-0.2, 0) is 11.2 Å². The number of nitrogens with one attached hydrogen (secondary N) is 1. The van der Waals surface area contributed by atoms with Gasteiger partial charge in [0, 0.05) is 26.2 Å². The Morgan fingerprint density at radius 1 is 1.12 bits per heavy atom. The summed E-state index contributed by atoms with van der Waals surface area (Å²) in [6, 6.07) is 11.6. The van der Waals surface area contributed by atoms with Crippen molar-refractivity contribution in [2.24, 2.45) is 0 Å². The molecule has 1 aromatic carbocycles. The number of hydrogen-bond acceptors (Lipinski definition) is 5. The zero-order chi connectivity index (χ0) is 18.4. The third-order valence-electron chi connectivity index (χ3n) is 4.56. The molecule has 0 radical (unpaired) electrons. The molecule has 0 bridgehead atoms. The molecule has 138 valence electrons. The lowest BCUT2D eigenvalue weighted by molar-refractivity contribution is -0.118. The van der Waals surface area contributed by atoms with Gasteiger partial charge in [0.2, 0.25) is 0 Å². The van der Waals surface area contributed by atoms with Crippen LogP contribution in [0.25, 0.3) is 0 Å². The first kappa shape index (κ1) is 18.2. The Hall–Kier alpha value is -2.60. The smallest absolute Gasteiger partial charge is 0.262 e. The molecule has 3 rings (SSSR count). The van der Waals surface area contributed by atoms with E-state index in [9.17, 15) is 4.79 Å². The number of anilines is 2. The molecule has 1 aliphatic rings. The number of carbonyl (C=O) groups is 1. The van der Waals surface area contributed by atoms with Crippen molar-refractivity contribution >= 4 is 17.4 Å². The summed E-state index contributed by atoms with van der Waals surface area (Å²) >= 11 is 0. The summed E-state index contributed by atoms with van der Waals surface area (Å²) in [6.07, 6.45) is 2.68. The highest BCUT2D eigenvalue weighted by Gasteiger charge is 2.15. The van der Waals surface area contributed by atoms with Gasteiger partial charge in [-0.3, -0.25) is 4.79 Å². The number of pyridine rings is 1. The van der Waals surface area contributed by atoms with Crippen LogP contribution < -0.4 is 15.0 Å². The molecule has 1 saturated heterocycles. The molecule has 0 atom stereocenters. The van der Waals surface area contributed by atoms with E-state index < -0.39 is 0 Å². The lowest BCUT2D eigenvalue weighted by Gasteiger charge is -2.33. The van der Waals surface area contributed by atoms with Crippen LogP contribution in [0, 0.1) is 0 Å². The van der Waals surface area contributed by atoms with Gasteiger partial charge in [-0.25, -0.2) is 4.98 Å². The normalized spacial score (nSPS) is 14.9. The number of amides is 1. The SMILES string of the molecule is CCc1ccc(OCC(=O)Nc2ccc(N3CCN(C)CC3)nc2)cc1. The highest BCUT2D eigenvalue weighted by molar-refractivity contribution is 5.91. The maximum absolute atomic E-state index is 12.1. The van der Waals surface area contributed by atoms with Crippen LogP contribution in [0.2, 0.25) is 0 Å². The number of piperazine rings is 1. The summed E-state index contributed by atoms with van der Waals surface area (Å²) < 4.78 is 5.52. The average Bonchev–Trinajstić information content (AvgIpc) is 2.68. The van der Waals surface area contributed by atoms with E-state index in [0.29, 0.717) is 11.4 Å². The van der Waals surface area contributed by atoms with Crippen molar-refractivity contribution in [3.8, 4) is 5.75 Å². The molecular formula is C20H26N4O2. The quantitative estimate of drug-likeness (QED) is 0.863. The van der Waals surface area contributed by atoms with Gasteiger partial charge in [-0.15, -0.1) is 0 Å². The first-order valence-electron chi connectivity index (χ1n) is 9.05. The van der Waals surface area contributed by atoms with E-state index in [2.05, 4.69) is 34.1 Å². The molecule has 1 aromatic heterocycles. The van der Waals surface area contributed by atoms with Crippen LogP contribution in [0.15, 0.2) is 42.6 Å². The zero-order valence-corrected chi connectivity index (χ0v) is 15.4. The van der Waals surface area contributed by atoms with Crippen LogP contribution in [0.5, 0.6) is 5.75 Å². The summed E-state index contributed by atoms with van der Waals surface area (Å²) in [5.41, 5.74) is 1.92. The molecule has 6 nitrogen and oxygen atoms in total. The van der Waals surface area contributed by atoms with Gasteiger partial charge in [-0.05, 0) is 43.3 Å². The van der Waals surface area contributed by atoms with E-state index >= 15 is 0 Å². The standard InChI is InChI=1S/C20H26N4O2/c1-3-16-4-7-18(8-5-16)26-15-20(25)22-17-6-9-19(21-14-17)24-12-10-23(2)11-13-24/h4-9,14H,3,10-13,15H2,1-2H3,(H,22,25). The van der Waals surface area contributed by atoms with Crippen LogP contribution >= 0.6 is 0 Å². The van der Waals surface area contributed by atoms with Crippen molar-refractivity contribution in [3.63, 3.8) is 0 Å². The number of hydrogen-bond donors (Lipinski definition) is 1. The van der Waals surface area contributed by atoms with Gasteiger partial charge in [-0.1, -0.05) is 19.1 Å². The summed E-state index contributed by atoms with van der Waals surface area (Å²) in [7, 11) is 2.13. The number of aromatic nitrogens is 1. The van der Waals surface area contributed by atoms with Gasteiger partial charge in [0.25, 0.3) is 5.91 Å². The Bertz CT molecular complexity index is 708. The minimum atomic E-state index is -0.196. The maximum atomic E-state index is 12.1. The van der Waals surface area contributed by atoms with Crippen LogP contribution in [0.4, 0.5) is 11.5 Å². The molecule has 0 unspecified atom stereocenters. The Balaban J connectivity index is 1.47. The largest absolute Gasteiger partial charge is 0.484 e. The van der Waals surface area contributed by atoms with E-state index in [1.54, 1.807) is 6.20 Å². The van der Waals surface area contributed by atoms with E-state index in [1.807, 2.05) is 36.4 Å². The van der Waals surface area contributed by atoms with Crippen molar-refractivity contribution < 1.29 is 9.53 Å². The fourth-order valence-electron chi connectivity index (χ4n) is 2.85. The molecule has 0 aliphatic carbocycles. The van der Waals surface area contributed by atoms with Crippen molar-refractivity contribution in [2.75, 3.05) is 50.1 Å². The number of benzene rings is 1. The second kappa shape index (κ2) is 8.67. The molecule has 1 aliphatic heterocycles. The summed E-state index contributed by atoms with van der Waals surface area (Å²) in [4.78, 5) is 21.1. The van der Waals surface area contributed by atoms with Gasteiger partial charge >= 0.3 is 0 Å². The Labute approximate surface area is 154 Å². The number of carbonyl (C=O) groups excluding carboxylic acids is 1. The zero-order valence-electron chi connectivity index (χ0n) is 15.4. The fourth-order valence-corrected chi connectivity index (χ4v) is 2.85. The molecular weight excluding hydrogens is 328 g/mol. The van der Waals surface area contributed by atoms with Gasteiger partial charge in [0.15, 0.2) is 6.61 Å². The minimum Gasteiger partial charge on any atom is -0.484 e. The summed E-state index contributed by atoms with van der Waals surface area (Å²) in [5.74, 6) is 1.45. The molecule has 0 saturated carbocycles. The second-order valence-corrected chi connectivity index (χ2v) is 6.53. The number of rotatable bonds is 6. The Morgan fingerprint density at radius 3 is 2.46 bits per heavy atom. The van der Waals surface area contributed by atoms with Gasteiger partial charge in [0.05, 0.1) is 11.9 Å². The van der Waals surface area contributed by atoms with Crippen molar-refractivity contribution in [1.82, 2.24) is 9.88 Å². The lowest BCUT2D eigenvalue weighted by Crippen LogP contribution is -2.44. The molecule has 1 N–H and O–H groups in total. The molecule has 2 heterocycles. The van der Waals surface area contributed by atoms with Gasteiger partial charge < -0.3 is 19.9 Å². The molecule has 1 fully saturated rings. The third kappa shape index (κ3) is 4.95. The van der Waals surface area contributed by atoms with E-state index in [0.717, 1.165) is 38.4 Å². The topological polar surface area (TPSA) is 57.7 Å². The van der Waals surface area contributed by atoms with Gasteiger partial charge in [0.1, 0.15) is 11.6 Å². The van der Waals surface area contributed by atoms with Crippen LogP contribution in [0.3, 0.4) is 0 Å². The number of likely N-dealkylation sites (N-methyl/N-ethyl adjacent to an activating group) is 1.